The molecule has 1 rings (SSSR count). The van der Waals surface area contributed by atoms with Crippen molar-refractivity contribution in [2.24, 2.45) is 12.1 Å². The molecule has 0 aliphatic heterocycles. The smallest absolute Gasteiger partial charge is 0.241 e. The Balaban J connectivity index is 2.71. The Labute approximate surface area is 66.2 Å². The summed E-state index contributed by atoms with van der Waals surface area (Å²) in [6.45, 7) is 0. The van der Waals surface area contributed by atoms with Gasteiger partial charge in [0.25, 0.3) is 0 Å². The molecule has 60 valence electrons. The summed E-state index contributed by atoms with van der Waals surface area (Å²) in [5, 5.41) is 5.24. The van der Waals surface area contributed by atoms with Crippen LogP contribution >= 0.6 is 0 Å². The van der Waals surface area contributed by atoms with Crippen molar-refractivity contribution in [3.05, 3.63) is 18.2 Å². The number of imidazole rings is 1. The lowest BCUT2D eigenvalue weighted by Gasteiger charge is -1.93. The fraction of sp³-hybridized carbons (Fsp3) is 0.429. The molecule has 0 spiro atoms. The Kier molecular flexibility index (Phi) is 2.38. The Morgan fingerprint density at radius 2 is 2.36 bits per heavy atom. The summed E-state index contributed by atoms with van der Waals surface area (Å²) in [7, 11) is 5.93. The number of H-pyrrole nitrogens is 1. The number of hydrogen-bond donors (Lipinski definition) is 2. The van der Waals surface area contributed by atoms with Gasteiger partial charge in [0.2, 0.25) is 6.33 Å². The predicted molar refractivity (Wildman–Crippen MR) is 42.4 cm³/mol. The minimum Gasteiger partial charge on any atom is -0.250 e. The molecule has 0 saturated carbocycles. The predicted octanol–water partition coefficient (Wildman–Crippen LogP) is -1.68. The van der Waals surface area contributed by atoms with Gasteiger partial charge in [-0.3, -0.25) is 0 Å². The molecule has 0 saturated heterocycles. The Bertz CT molecular complexity index is 249. The highest BCUT2D eigenvalue weighted by Gasteiger charge is 2.00. The summed E-state index contributed by atoms with van der Waals surface area (Å²) in [4.78, 5) is 2.98. The summed E-state index contributed by atoms with van der Waals surface area (Å²) in [5.74, 6) is 0. The molecule has 0 fully saturated rings. The van der Waals surface area contributed by atoms with Crippen LogP contribution in [0.5, 0.6) is 0 Å². The van der Waals surface area contributed by atoms with Crippen molar-refractivity contribution in [1.29, 1.82) is 0 Å². The first-order valence-electron chi connectivity index (χ1n) is 3.57. The first kappa shape index (κ1) is 7.94. The number of quaternary nitrogens is 1. The summed E-state index contributed by atoms with van der Waals surface area (Å²) >= 11 is 0. The molecule has 2 N–H and O–H groups in total. The quantitative estimate of drug-likeness (QED) is 0.290. The van der Waals surface area contributed by atoms with Crippen molar-refractivity contribution < 1.29 is 9.58 Å². The molecular weight excluding hydrogens is 140 g/mol. The van der Waals surface area contributed by atoms with Gasteiger partial charge < -0.3 is 0 Å². The largest absolute Gasteiger partial charge is 0.250 e. The van der Waals surface area contributed by atoms with Crippen LogP contribution in [0.3, 0.4) is 0 Å². The molecule has 0 amide bonds. The lowest BCUT2D eigenvalue weighted by molar-refractivity contribution is -0.865. The second-order valence-corrected chi connectivity index (χ2v) is 2.68. The zero-order valence-electron chi connectivity index (χ0n) is 7.13. The van der Waals surface area contributed by atoms with Gasteiger partial charge in [0, 0.05) is 0 Å². The Morgan fingerprint density at radius 1 is 1.64 bits per heavy atom. The molecule has 0 bridgehead atoms. The fourth-order valence-corrected chi connectivity index (χ4v) is 0.734. The average molecular weight is 154 g/mol. The van der Waals surface area contributed by atoms with Gasteiger partial charge >= 0.3 is 0 Å². The lowest BCUT2D eigenvalue weighted by atomic mass is 10.5. The number of rotatable bonds is 2. The SMILES string of the molecule is C[n+]1c[nH]cc1C=N[NH+](C)C. The molecule has 0 aliphatic carbocycles. The van der Waals surface area contributed by atoms with E-state index in [1.54, 1.807) is 0 Å². The van der Waals surface area contributed by atoms with Crippen LogP contribution in [0.4, 0.5) is 0 Å². The van der Waals surface area contributed by atoms with E-state index in [2.05, 4.69) is 10.1 Å². The summed E-state index contributed by atoms with van der Waals surface area (Å²) in [6.07, 6.45) is 5.63. The second kappa shape index (κ2) is 3.30. The van der Waals surface area contributed by atoms with E-state index in [1.807, 2.05) is 44.4 Å². The zero-order chi connectivity index (χ0) is 8.27. The highest BCUT2D eigenvalue weighted by molar-refractivity contribution is 5.73. The second-order valence-electron chi connectivity index (χ2n) is 2.68. The standard InChI is InChI=1S/C7H12N4/c1-10(2)9-5-7-4-8-6-11(7)3/h4-6H,1-3H3/p+2. The Morgan fingerprint density at radius 3 is 2.82 bits per heavy atom. The summed E-state index contributed by atoms with van der Waals surface area (Å²) in [5.41, 5.74) is 1.08. The maximum Gasteiger partial charge on any atom is 0.241 e. The van der Waals surface area contributed by atoms with Crippen LogP contribution in [-0.2, 0) is 7.05 Å². The molecule has 0 radical (unpaired) electrons. The van der Waals surface area contributed by atoms with Crippen molar-refractivity contribution in [3.8, 4) is 0 Å². The monoisotopic (exact) mass is 154 g/mol. The van der Waals surface area contributed by atoms with E-state index in [4.69, 9.17) is 0 Å². The molecule has 1 aromatic rings. The van der Waals surface area contributed by atoms with Crippen LogP contribution in [-0.4, -0.2) is 25.3 Å². The molecule has 11 heavy (non-hydrogen) atoms. The van der Waals surface area contributed by atoms with Gasteiger partial charge in [0.05, 0.1) is 21.1 Å². The summed E-state index contributed by atoms with van der Waals surface area (Å²) in [6, 6.07) is 0. The van der Waals surface area contributed by atoms with Gasteiger partial charge in [-0.1, -0.05) is 5.10 Å². The molecule has 0 aliphatic rings. The zero-order valence-corrected chi connectivity index (χ0v) is 7.13. The first-order valence-corrected chi connectivity index (χ1v) is 3.57. The third-order valence-electron chi connectivity index (χ3n) is 1.36. The van der Waals surface area contributed by atoms with E-state index in [9.17, 15) is 0 Å². The molecule has 0 atom stereocenters. The molecule has 4 nitrogen and oxygen atoms in total. The number of hydrogen-bond acceptors (Lipinski definition) is 1. The molecule has 4 heteroatoms. The highest BCUT2D eigenvalue weighted by Crippen LogP contribution is 1.78. The van der Waals surface area contributed by atoms with Gasteiger partial charge in [-0.25, -0.2) is 14.6 Å². The van der Waals surface area contributed by atoms with Gasteiger partial charge in [0.1, 0.15) is 12.4 Å². The van der Waals surface area contributed by atoms with Crippen LogP contribution in [0.25, 0.3) is 0 Å². The maximum absolute atomic E-state index is 4.18. The van der Waals surface area contributed by atoms with Crippen molar-refractivity contribution in [2.45, 2.75) is 0 Å². The van der Waals surface area contributed by atoms with Crippen LogP contribution in [0.15, 0.2) is 17.6 Å². The first-order chi connectivity index (χ1) is 5.20. The molecule has 0 unspecified atom stereocenters. The van der Waals surface area contributed by atoms with Gasteiger partial charge in [0.15, 0.2) is 5.69 Å². The van der Waals surface area contributed by atoms with Crippen LogP contribution in [0.2, 0.25) is 0 Å². The number of aromatic amines is 1. The third kappa shape index (κ3) is 2.16. The van der Waals surface area contributed by atoms with E-state index in [0.29, 0.717) is 0 Å². The van der Waals surface area contributed by atoms with Gasteiger partial charge in [-0.15, -0.1) is 0 Å². The van der Waals surface area contributed by atoms with Crippen LogP contribution < -0.4 is 9.58 Å². The summed E-state index contributed by atoms with van der Waals surface area (Å²) < 4.78 is 1.98. The minimum atomic E-state index is 1.06. The molecular formula is C7H14N4+2. The normalized spacial score (nSPS) is 11.6. The number of nitrogens with zero attached hydrogens (tertiary/aromatic N) is 2. The molecule has 1 aromatic heterocycles. The fourth-order valence-electron chi connectivity index (χ4n) is 0.734. The van der Waals surface area contributed by atoms with E-state index >= 15 is 0 Å². The average Bonchev–Trinajstić information content (AvgIpc) is 2.31. The van der Waals surface area contributed by atoms with Gasteiger partial charge in [-0.2, -0.15) is 0 Å². The topological polar surface area (TPSA) is 36.5 Å². The number of aromatic nitrogens is 2. The maximum atomic E-state index is 4.18. The van der Waals surface area contributed by atoms with Crippen molar-refractivity contribution >= 4 is 6.21 Å². The van der Waals surface area contributed by atoms with E-state index in [0.717, 1.165) is 10.7 Å². The highest BCUT2D eigenvalue weighted by atomic mass is 15.4. The van der Waals surface area contributed by atoms with Crippen molar-refractivity contribution in [3.63, 3.8) is 0 Å². The van der Waals surface area contributed by atoms with Crippen molar-refractivity contribution in [2.75, 3.05) is 14.1 Å². The van der Waals surface area contributed by atoms with E-state index in [-0.39, 0.29) is 0 Å². The number of nitrogens with one attached hydrogen (secondary N) is 2. The van der Waals surface area contributed by atoms with Crippen LogP contribution in [0, 0.1) is 0 Å². The molecule has 1 heterocycles. The van der Waals surface area contributed by atoms with Gasteiger partial charge in [-0.05, 0) is 0 Å². The van der Waals surface area contributed by atoms with E-state index < -0.39 is 0 Å². The molecule has 0 aromatic carbocycles. The van der Waals surface area contributed by atoms with Crippen molar-refractivity contribution in [1.82, 2.24) is 4.98 Å². The minimum absolute atomic E-state index is 1.06. The van der Waals surface area contributed by atoms with E-state index in [1.165, 1.54) is 0 Å². The third-order valence-corrected chi connectivity index (χ3v) is 1.36. The lowest BCUT2D eigenvalue weighted by Crippen LogP contribution is -3.00. The van der Waals surface area contributed by atoms with Crippen LogP contribution in [0.1, 0.15) is 5.69 Å². The Hall–Kier alpha value is -1.16. The number of aryl methyl sites for hydroxylation is 1.